The number of fused-ring (bicyclic) bond motifs is 3. The van der Waals surface area contributed by atoms with Gasteiger partial charge >= 0.3 is 0 Å². The molecule has 134 valence electrons. The summed E-state index contributed by atoms with van der Waals surface area (Å²) >= 11 is 1.28. The van der Waals surface area contributed by atoms with Crippen molar-refractivity contribution in [1.82, 2.24) is 8.75 Å². The number of rotatable bonds is 0. The lowest BCUT2D eigenvalue weighted by atomic mass is 9.93. The summed E-state index contributed by atoms with van der Waals surface area (Å²) in [5.74, 6) is 0. The van der Waals surface area contributed by atoms with Gasteiger partial charge in [-0.3, -0.25) is 0 Å². The smallest absolute Gasteiger partial charge is 0.107 e. The molecule has 1 aromatic heterocycles. The van der Waals surface area contributed by atoms with Gasteiger partial charge in [-0.25, -0.2) is 0 Å². The molecule has 0 fully saturated rings. The average molecular weight is 371 g/mol. The van der Waals surface area contributed by atoms with E-state index < -0.39 is 0 Å². The van der Waals surface area contributed by atoms with Crippen molar-refractivity contribution in [2.45, 2.75) is 27.7 Å². The maximum absolute atomic E-state index is 4.21. The molecule has 0 radical (unpaired) electrons. The van der Waals surface area contributed by atoms with E-state index in [0.29, 0.717) is 0 Å². The lowest BCUT2D eigenvalue weighted by Crippen LogP contribution is -1.87. The van der Waals surface area contributed by atoms with Gasteiger partial charge in [0.05, 0.1) is 11.7 Å². The Morgan fingerprint density at radius 3 is 1.19 bits per heavy atom. The number of nitrogens with zero attached hydrogens (tertiary/aromatic N) is 2. The number of hydrogen-bond acceptors (Lipinski definition) is 3. The summed E-state index contributed by atoms with van der Waals surface area (Å²) in [5.41, 5.74) is 7.29. The lowest BCUT2D eigenvalue weighted by Gasteiger charge is -2.11. The SMILES string of the molecule is Cc1c2ccccc2c(C)c2ccccc12.Cc1ccc(C)c2nsnc12. The molecule has 0 spiro atoms. The van der Waals surface area contributed by atoms with E-state index in [1.165, 1.54) is 55.5 Å². The molecule has 0 N–H and O–H groups in total. The number of benzene rings is 4. The van der Waals surface area contributed by atoms with Crippen LogP contribution in [0, 0.1) is 27.7 Å². The van der Waals surface area contributed by atoms with Crippen LogP contribution in [0.25, 0.3) is 32.6 Å². The monoisotopic (exact) mass is 370 g/mol. The Hall–Kier alpha value is -2.78. The molecule has 2 nitrogen and oxygen atoms in total. The summed E-state index contributed by atoms with van der Waals surface area (Å²) in [6, 6.07) is 21.5. The first-order valence-electron chi connectivity index (χ1n) is 9.13. The minimum absolute atomic E-state index is 1.05. The van der Waals surface area contributed by atoms with Gasteiger partial charge in [0.25, 0.3) is 0 Å². The first kappa shape index (κ1) is 17.6. The van der Waals surface area contributed by atoms with Gasteiger partial charge in [0.1, 0.15) is 11.0 Å². The van der Waals surface area contributed by atoms with Crippen molar-refractivity contribution in [1.29, 1.82) is 0 Å². The Kier molecular flexibility index (Phi) is 4.63. The van der Waals surface area contributed by atoms with E-state index >= 15 is 0 Å². The zero-order valence-electron chi connectivity index (χ0n) is 16.1. The second-order valence-corrected chi connectivity index (χ2v) is 7.53. The quantitative estimate of drug-likeness (QED) is 0.277. The van der Waals surface area contributed by atoms with Crippen molar-refractivity contribution in [2.24, 2.45) is 0 Å². The van der Waals surface area contributed by atoms with Crippen LogP contribution in [0.1, 0.15) is 22.3 Å². The Labute approximate surface area is 163 Å². The summed E-state index contributed by atoms with van der Waals surface area (Å²) in [7, 11) is 0. The minimum Gasteiger partial charge on any atom is -0.173 e. The fourth-order valence-corrected chi connectivity index (χ4v) is 4.34. The van der Waals surface area contributed by atoms with Crippen LogP contribution in [0.2, 0.25) is 0 Å². The van der Waals surface area contributed by atoms with E-state index in [1.807, 2.05) is 0 Å². The summed E-state index contributed by atoms with van der Waals surface area (Å²) in [4.78, 5) is 0. The van der Waals surface area contributed by atoms with E-state index in [4.69, 9.17) is 0 Å². The molecule has 0 atom stereocenters. The summed E-state index contributed by atoms with van der Waals surface area (Å²) < 4.78 is 8.42. The standard InChI is InChI=1S/C16H14.C8H8N2S/c1-11-13-7-3-5-9-15(13)12(2)16-10-6-4-8-14(11)16;1-5-3-4-6(2)8-7(5)9-11-10-8/h3-10H,1-2H3;3-4H,1-2H3. The Balaban J connectivity index is 0.000000143. The minimum atomic E-state index is 1.05. The topological polar surface area (TPSA) is 25.8 Å². The number of hydrogen-bond donors (Lipinski definition) is 0. The number of aromatic nitrogens is 2. The molecule has 27 heavy (non-hydrogen) atoms. The van der Waals surface area contributed by atoms with Crippen LogP contribution in [0.15, 0.2) is 60.7 Å². The fraction of sp³-hybridized carbons (Fsp3) is 0.167. The second-order valence-electron chi connectivity index (χ2n) is 7.00. The van der Waals surface area contributed by atoms with Crippen LogP contribution in [0.3, 0.4) is 0 Å². The van der Waals surface area contributed by atoms with Gasteiger partial charge in [-0.15, -0.1) is 0 Å². The molecule has 5 aromatic rings. The zero-order chi connectivity index (χ0) is 19.0. The van der Waals surface area contributed by atoms with Crippen LogP contribution in [0.5, 0.6) is 0 Å². The molecule has 0 aliphatic rings. The van der Waals surface area contributed by atoms with Crippen molar-refractivity contribution in [3.63, 3.8) is 0 Å². The van der Waals surface area contributed by atoms with E-state index in [2.05, 4.69) is 97.1 Å². The summed E-state index contributed by atoms with van der Waals surface area (Å²) in [6.45, 7) is 8.54. The van der Waals surface area contributed by atoms with Crippen molar-refractivity contribution >= 4 is 44.3 Å². The fourth-order valence-electron chi connectivity index (χ4n) is 3.68. The van der Waals surface area contributed by atoms with E-state index in [9.17, 15) is 0 Å². The van der Waals surface area contributed by atoms with Crippen molar-refractivity contribution in [2.75, 3.05) is 0 Å². The van der Waals surface area contributed by atoms with Crippen LogP contribution in [-0.4, -0.2) is 8.75 Å². The highest BCUT2D eigenvalue weighted by atomic mass is 32.1. The highest BCUT2D eigenvalue weighted by Crippen LogP contribution is 2.31. The molecule has 0 saturated heterocycles. The van der Waals surface area contributed by atoms with Gasteiger partial charge in [0, 0.05) is 0 Å². The third-order valence-corrected chi connectivity index (χ3v) is 5.82. The molecule has 3 heteroatoms. The third-order valence-electron chi connectivity index (χ3n) is 5.29. The van der Waals surface area contributed by atoms with Crippen molar-refractivity contribution in [3.8, 4) is 0 Å². The maximum Gasteiger partial charge on any atom is 0.107 e. The van der Waals surface area contributed by atoms with Gasteiger partial charge < -0.3 is 0 Å². The average Bonchev–Trinajstić information content (AvgIpc) is 3.21. The van der Waals surface area contributed by atoms with Crippen molar-refractivity contribution in [3.05, 3.63) is 82.9 Å². The number of aryl methyl sites for hydroxylation is 4. The van der Waals surface area contributed by atoms with Crippen LogP contribution >= 0.6 is 11.7 Å². The zero-order valence-corrected chi connectivity index (χ0v) is 16.9. The molecule has 4 aromatic carbocycles. The van der Waals surface area contributed by atoms with Gasteiger partial charge in [0.2, 0.25) is 0 Å². The van der Waals surface area contributed by atoms with Crippen LogP contribution in [0.4, 0.5) is 0 Å². The molecular formula is C24H22N2S. The Bertz CT molecular complexity index is 1110. The van der Waals surface area contributed by atoms with Gasteiger partial charge in [0.15, 0.2) is 0 Å². The van der Waals surface area contributed by atoms with Crippen LogP contribution in [-0.2, 0) is 0 Å². The van der Waals surface area contributed by atoms with Crippen LogP contribution < -0.4 is 0 Å². The molecule has 5 rings (SSSR count). The lowest BCUT2D eigenvalue weighted by molar-refractivity contribution is 1.42. The van der Waals surface area contributed by atoms with Gasteiger partial charge in [-0.1, -0.05) is 60.7 Å². The molecule has 1 heterocycles. The van der Waals surface area contributed by atoms with E-state index in [0.717, 1.165) is 11.0 Å². The van der Waals surface area contributed by atoms with E-state index in [1.54, 1.807) is 0 Å². The highest BCUT2D eigenvalue weighted by Gasteiger charge is 2.06. The Morgan fingerprint density at radius 1 is 0.519 bits per heavy atom. The first-order chi connectivity index (χ1) is 13.1. The largest absolute Gasteiger partial charge is 0.173 e. The molecule has 0 saturated carbocycles. The molecular weight excluding hydrogens is 348 g/mol. The third kappa shape index (κ3) is 3.08. The Morgan fingerprint density at radius 2 is 0.852 bits per heavy atom. The highest BCUT2D eigenvalue weighted by molar-refractivity contribution is 7.00. The predicted octanol–water partition coefficient (Wildman–Crippen LogP) is 6.92. The molecule has 0 bridgehead atoms. The summed E-state index contributed by atoms with van der Waals surface area (Å²) in [5, 5.41) is 5.50. The molecule has 0 unspecified atom stereocenters. The first-order valence-corrected chi connectivity index (χ1v) is 9.86. The van der Waals surface area contributed by atoms with Gasteiger partial charge in [-0.2, -0.15) is 8.75 Å². The van der Waals surface area contributed by atoms with Gasteiger partial charge in [-0.05, 0) is 71.5 Å². The predicted molar refractivity (Wildman–Crippen MR) is 118 cm³/mol. The maximum atomic E-state index is 4.21. The molecule has 0 aliphatic carbocycles. The summed E-state index contributed by atoms with van der Waals surface area (Å²) in [6.07, 6.45) is 0. The van der Waals surface area contributed by atoms with E-state index in [-0.39, 0.29) is 0 Å². The second kappa shape index (κ2) is 7.09. The molecule has 0 aliphatic heterocycles. The van der Waals surface area contributed by atoms with Crippen molar-refractivity contribution < 1.29 is 0 Å². The normalized spacial score (nSPS) is 11.0. The molecule has 0 amide bonds.